The van der Waals surface area contributed by atoms with Crippen LogP contribution in [0.2, 0.25) is 0 Å². The van der Waals surface area contributed by atoms with Crippen LogP contribution in [0.3, 0.4) is 0 Å². The standard InChI is InChI=1S/C20H23NO3/c1-3-16(17-10-6-4-7-11-17)14-21-19(22)15(2)24-20(23)18-12-8-5-9-13-18/h4-13,15-16H,3,14H2,1-2H3,(H,21,22)/t15-,16+/m0/s1. The van der Waals surface area contributed by atoms with Crippen LogP contribution < -0.4 is 5.32 Å². The third kappa shape index (κ3) is 4.95. The normalized spacial score (nSPS) is 12.9. The highest BCUT2D eigenvalue weighted by Crippen LogP contribution is 2.18. The molecule has 24 heavy (non-hydrogen) atoms. The van der Waals surface area contributed by atoms with Gasteiger partial charge in [0.05, 0.1) is 5.56 Å². The van der Waals surface area contributed by atoms with E-state index < -0.39 is 12.1 Å². The van der Waals surface area contributed by atoms with Gasteiger partial charge < -0.3 is 10.1 Å². The zero-order valence-electron chi connectivity index (χ0n) is 14.1. The highest BCUT2D eigenvalue weighted by molar-refractivity contribution is 5.92. The molecular formula is C20H23NO3. The molecule has 0 unspecified atom stereocenters. The fourth-order valence-electron chi connectivity index (χ4n) is 2.45. The number of carbonyl (C=O) groups is 2. The molecule has 0 aromatic heterocycles. The zero-order chi connectivity index (χ0) is 17.4. The van der Waals surface area contributed by atoms with E-state index in [1.54, 1.807) is 31.2 Å². The molecule has 1 amide bonds. The Kier molecular flexibility index (Phi) is 6.55. The molecule has 2 aromatic rings. The first-order chi connectivity index (χ1) is 11.6. The second kappa shape index (κ2) is 8.87. The minimum absolute atomic E-state index is 0.243. The third-order valence-corrected chi connectivity index (χ3v) is 3.95. The monoisotopic (exact) mass is 325 g/mol. The summed E-state index contributed by atoms with van der Waals surface area (Å²) in [5.74, 6) is -0.533. The SMILES string of the molecule is CC[C@H](CNC(=O)[C@H](C)OC(=O)c1ccccc1)c1ccccc1. The number of hydrogen-bond donors (Lipinski definition) is 1. The number of amides is 1. The van der Waals surface area contributed by atoms with Gasteiger partial charge in [-0.25, -0.2) is 4.79 Å². The highest BCUT2D eigenvalue weighted by atomic mass is 16.5. The molecule has 0 saturated heterocycles. The van der Waals surface area contributed by atoms with Crippen LogP contribution in [0.4, 0.5) is 0 Å². The fraction of sp³-hybridized carbons (Fsp3) is 0.300. The lowest BCUT2D eigenvalue weighted by Crippen LogP contribution is -2.38. The van der Waals surface area contributed by atoms with Crippen LogP contribution in [-0.4, -0.2) is 24.5 Å². The van der Waals surface area contributed by atoms with E-state index in [1.165, 1.54) is 5.56 Å². The number of carbonyl (C=O) groups excluding carboxylic acids is 2. The average molecular weight is 325 g/mol. The molecule has 2 rings (SSSR count). The van der Waals surface area contributed by atoms with E-state index in [4.69, 9.17) is 4.74 Å². The number of ether oxygens (including phenoxy) is 1. The predicted molar refractivity (Wildman–Crippen MR) is 93.8 cm³/mol. The summed E-state index contributed by atoms with van der Waals surface area (Å²) < 4.78 is 5.22. The molecule has 1 N–H and O–H groups in total. The molecule has 0 spiro atoms. The molecule has 0 heterocycles. The van der Waals surface area contributed by atoms with Crippen LogP contribution in [0.1, 0.15) is 42.1 Å². The van der Waals surface area contributed by atoms with Gasteiger partial charge in [0.25, 0.3) is 5.91 Å². The van der Waals surface area contributed by atoms with Crippen molar-refractivity contribution in [1.29, 1.82) is 0 Å². The van der Waals surface area contributed by atoms with Crippen molar-refractivity contribution >= 4 is 11.9 Å². The Morgan fingerprint density at radius 3 is 2.17 bits per heavy atom. The highest BCUT2D eigenvalue weighted by Gasteiger charge is 2.19. The van der Waals surface area contributed by atoms with Gasteiger partial charge in [-0.3, -0.25) is 4.79 Å². The molecular weight excluding hydrogens is 302 g/mol. The quantitative estimate of drug-likeness (QED) is 0.792. The van der Waals surface area contributed by atoms with Crippen LogP contribution in [0, 0.1) is 0 Å². The summed E-state index contributed by atoms with van der Waals surface area (Å²) >= 11 is 0. The van der Waals surface area contributed by atoms with Crippen molar-refractivity contribution in [2.75, 3.05) is 6.54 Å². The van der Waals surface area contributed by atoms with Gasteiger partial charge in [-0.1, -0.05) is 55.5 Å². The van der Waals surface area contributed by atoms with Gasteiger partial charge >= 0.3 is 5.97 Å². The topological polar surface area (TPSA) is 55.4 Å². The molecule has 0 aliphatic carbocycles. The Labute approximate surface area is 142 Å². The van der Waals surface area contributed by atoms with E-state index in [0.717, 1.165) is 6.42 Å². The molecule has 0 fully saturated rings. The van der Waals surface area contributed by atoms with E-state index in [0.29, 0.717) is 12.1 Å². The summed E-state index contributed by atoms with van der Waals surface area (Å²) in [7, 11) is 0. The van der Waals surface area contributed by atoms with Crippen LogP contribution in [0.15, 0.2) is 60.7 Å². The Morgan fingerprint density at radius 2 is 1.58 bits per heavy atom. The van der Waals surface area contributed by atoms with E-state index in [2.05, 4.69) is 24.4 Å². The van der Waals surface area contributed by atoms with Gasteiger partial charge in [-0.05, 0) is 31.0 Å². The van der Waals surface area contributed by atoms with E-state index in [9.17, 15) is 9.59 Å². The Bertz CT molecular complexity index is 655. The molecule has 0 saturated carbocycles. The van der Waals surface area contributed by atoms with Crippen LogP contribution in [0.25, 0.3) is 0 Å². The molecule has 0 aliphatic heterocycles. The van der Waals surface area contributed by atoms with Crippen molar-refractivity contribution in [2.24, 2.45) is 0 Å². The average Bonchev–Trinajstić information content (AvgIpc) is 2.63. The van der Waals surface area contributed by atoms with E-state index >= 15 is 0 Å². The minimum Gasteiger partial charge on any atom is -0.449 e. The van der Waals surface area contributed by atoms with Crippen molar-refractivity contribution < 1.29 is 14.3 Å². The van der Waals surface area contributed by atoms with Crippen LogP contribution in [0.5, 0.6) is 0 Å². The number of esters is 1. The van der Waals surface area contributed by atoms with Crippen LogP contribution in [-0.2, 0) is 9.53 Å². The molecule has 2 aromatic carbocycles. The van der Waals surface area contributed by atoms with Crippen molar-refractivity contribution in [1.82, 2.24) is 5.32 Å². The van der Waals surface area contributed by atoms with Gasteiger partial charge in [-0.15, -0.1) is 0 Å². The maximum absolute atomic E-state index is 12.2. The first kappa shape index (κ1) is 17.7. The fourth-order valence-corrected chi connectivity index (χ4v) is 2.45. The maximum Gasteiger partial charge on any atom is 0.338 e. The van der Waals surface area contributed by atoms with Gasteiger partial charge in [0.2, 0.25) is 0 Å². The molecule has 4 heteroatoms. The second-order valence-corrected chi connectivity index (χ2v) is 5.67. The smallest absolute Gasteiger partial charge is 0.338 e. The Balaban J connectivity index is 1.86. The Morgan fingerprint density at radius 1 is 1.00 bits per heavy atom. The van der Waals surface area contributed by atoms with Gasteiger partial charge in [0.15, 0.2) is 6.10 Å². The van der Waals surface area contributed by atoms with Gasteiger partial charge in [0, 0.05) is 12.5 Å². The lowest BCUT2D eigenvalue weighted by molar-refractivity contribution is -0.129. The summed E-state index contributed by atoms with van der Waals surface area (Å²) in [6.07, 6.45) is 0.0913. The molecule has 0 radical (unpaired) electrons. The van der Waals surface area contributed by atoms with Crippen molar-refractivity contribution in [3.8, 4) is 0 Å². The number of nitrogens with one attached hydrogen (secondary N) is 1. The predicted octanol–water partition coefficient (Wildman–Crippen LogP) is 3.54. The summed E-state index contributed by atoms with van der Waals surface area (Å²) in [6.45, 7) is 4.19. The van der Waals surface area contributed by atoms with E-state index in [1.807, 2.05) is 24.3 Å². The van der Waals surface area contributed by atoms with E-state index in [-0.39, 0.29) is 11.8 Å². The summed E-state index contributed by atoms with van der Waals surface area (Å²) in [5, 5.41) is 2.87. The minimum atomic E-state index is -0.828. The van der Waals surface area contributed by atoms with Crippen molar-refractivity contribution in [3.63, 3.8) is 0 Å². The molecule has 0 bridgehead atoms. The summed E-state index contributed by atoms with van der Waals surface area (Å²) in [6, 6.07) is 18.7. The third-order valence-electron chi connectivity index (χ3n) is 3.95. The first-order valence-electron chi connectivity index (χ1n) is 8.20. The van der Waals surface area contributed by atoms with Gasteiger partial charge in [0.1, 0.15) is 0 Å². The summed E-state index contributed by atoms with van der Waals surface area (Å²) in [5.41, 5.74) is 1.63. The molecule has 0 aliphatic rings. The summed E-state index contributed by atoms with van der Waals surface area (Å²) in [4.78, 5) is 24.1. The van der Waals surface area contributed by atoms with Crippen LogP contribution >= 0.6 is 0 Å². The molecule has 126 valence electrons. The maximum atomic E-state index is 12.2. The van der Waals surface area contributed by atoms with Crippen molar-refractivity contribution in [2.45, 2.75) is 32.3 Å². The number of hydrogen-bond acceptors (Lipinski definition) is 3. The molecule has 4 nitrogen and oxygen atoms in total. The lowest BCUT2D eigenvalue weighted by Gasteiger charge is -2.18. The Hall–Kier alpha value is -2.62. The molecule has 2 atom stereocenters. The number of rotatable bonds is 7. The second-order valence-electron chi connectivity index (χ2n) is 5.67. The largest absolute Gasteiger partial charge is 0.449 e. The lowest BCUT2D eigenvalue weighted by atomic mass is 9.96. The number of benzene rings is 2. The zero-order valence-corrected chi connectivity index (χ0v) is 14.1. The van der Waals surface area contributed by atoms with Crippen molar-refractivity contribution in [3.05, 3.63) is 71.8 Å². The first-order valence-corrected chi connectivity index (χ1v) is 8.20. The van der Waals surface area contributed by atoms with Gasteiger partial charge in [-0.2, -0.15) is 0 Å².